The number of likely N-dealkylation sites (tertiary alicyclic amines) is 1. The molecule has 1 saturated heterocycles. The van der Waals surface area contributed by atoms with Crippen LogP contribution in [0.15, 0.2) is 23.1 Å². The average molecular weight is 263 g/mol. The Morgan fingerprint density at radius 2 is 2.05 bits per heavy atom. The molecule has 0 bridgehead atoms. The quantitative estimate of drug-likeness (QED) is 0.795. The third kappa shape index (κ3) is 2.67. The molecular formula is C13H17N3O3. The zero-order valence-electron chi connectivity index (χ0n) is 11.0. The Morgan fingerprint density at radius 1 is 1.32 bits per heavy atom. The number of nitrogens with zero attached hydrogens (tertiary/aromatic N) is 2. The number of nitrogens with one attached hydrogen (secondary N) is 1. The zero-order chi connectivity index (χ0) is 14.0. The number of aromatic nitrogens is 1. The van der Waals surface area contributed by atoms with E-state index >= 15 is 0 Å². The number of rotatable bonds is 4. The molecule has 1 unspecified atom stereocenters. The van der Waals surface area contributed by atoms with Gasteiger partial charge in [0.05, 0.1) is 12.1 Å². The molecule has 102 valence electrons. The summed E-state index contributed by atoms with van der Waals surface area (Å²) in [6, 6.07) is 2.51. The molecule has 0 aliphatic carbocycles. The summed E-state index contributed by atoms with van der Waals surface area (Å²) in [5.41, 5.74) is 0.540. The van der Waals surface area contributed by atoms with Gasteiger partial charge in [0.1, 0.15) is 6.04 Å². The SMILES string of the molecule is CCCN1C(=O)CC(Nc2ccc(=O)n(C)c2)C1=O. The summed E-state index contributed by atoms with van der Waals surface area (Å²) >= 11 is 0. The van der Waals surface area contributed by atoms with Gasteiger partial charge in [-0.3, -0.25) is 19.3 Å². The lowest BCUT2D eigenvalue weighted by atomic mass is 10.2. The van der Waals surface area contributed by atoms with Crippen molar-refractivity contribution in [3.8, 4) is 0 Å². The van der Waals surface area contributed by atoms with E-state index in [0.717, 1.165) is 6.42 Å². The number of aryl methyl sites for hydroxylation is 1. The lowest BCUT2D eigenvalue weighted by Gasteiger charge is -2.15. The minimum Gasteiger partial charge on any atom is -0.372 e. The maximum Gasteiger partial charge on any atom is 0.252 e. The van der Waals surface area contributed by atoms with Gasteiger partial charge in [0, 0.05) is 25.9 Å². The van der Waals surface area contributed by atoms with Crippen molar-refractivity contribution in [1.82, 2.24) is 9.47 Å². The molecule has 1 atom stereocenters. The first-order valence-corrected chi connectivity index (χ1v) is 6.30. The summed E-state index contributed by atoms with van der Waals surface area (Å²) in [6.07, 6.45) is 2.54. The van der Waals surface area contributed by atoms with Gasteiger partial charge in [-0.05, 0) is 12.5 Å². The second-order valence-electron chi connectivity index (χ2n) is 4.65. The number of carbonyl (C=O) groups excluding carboxylic acids is 2. The van der Waals surface area contributed by atoms with E-state index in [2.05, 4.69) is 5.32 Å². The largest absolute Gasteiger partial charge is 0.372 e. The van der Waals surface area contributed by atoms with Gasteiger partial charge in [0.2, 0.25) is 11.5 Å². The van der Waals surface area contributed by atoms with Crippen LogP contribution in [0, 0.1) is 0 Å². The minimum atomic E-state index is -0.531. The first-order chi connectivity index (χ1) is 9.02. The van der Waals surface area contributed by atoms with E-state index in [4.69, 9.17) is 0 Å². The maximum absolute atomic E-state index is 12.0. The second-order valence-corrected chi connectivity index (χ2v) is 4.65. The Kier molecular flexibility index (Phi) is 3.69. The number of amides is 2. The van der Waals surface area contributed by atoms with Crippen molar-refractivity contribution >= 4 is 17.5 Å². The molecule has 2 heterocycles. The summed E-state index contributed by atoms with van der Waals surface area (Å²) in [7, 11) is 1.64. The van der Waals surface area contributed by atoms with Gasteiger partial charge in [-0.25, -0.2) is 0 Å². The Hall–Kier alpha value is -2.11. The summed E-state index contributed by atoms with van der Waals surface area (Å²) in [5.74, 6) is -0.338. The van der Waals surface area contributed by atoms with Crippen LogP contribution in [0.3, 0.4) is 0 Å². The van der Waals surface area contributed by atoms with E-state index in [-0.39, 0.29) is 23.8 Å². The fourth-order valence-corrected chi connectivity index (χ4v) is 2.13. The van der Waals surface area contributed by atoms with Crippen LogP contribution in [0.25, 0.3) is 0 Å². The number of carbonyl (C=O) groups is 2. The van der Waals surface area contributed by atoms with E-state index in [1.807, 2.05) is 6.92 Å². The number of anilines is 1. The Morgan fingerprint density at radius 3 is 2.68 bits per heavy atom. The van der Waals surface area contributed by atoms with Gasteiger partial charge in [0.25, 0.3) is 5.91 Å². The molecule has 1 fully saturated rings. The molecule has 6 heteroatoms. The zero-order valence-corrected chi connectivity index (χ0v) is 11.0. The fourth-order valence-electron chi connectivity index (χ4n) is 2.13. The van der Waals surface area contributed by atoms with E-state index in [1.54, 1.807) is 19.3 Å². The molecule has 6 nitrogen and oxygen atoms in total. The molecule has 2 rings (SSSR count). The molecule has 19 heavy (non-hydrogen) atoms. The van der Waals surface area contributed by atoms with Crippen molar-refractivity contribution in [3.63, 3.8) is 0 Å². The maximum atomic E-state index is 12.0. The number of imide groups is 1. The molecule has 1 aliphatic heterocycles. The lowest BCUT2D eigenvalue weighted by Crippen LogP contribution is -2.35. The summed E-state index contributed by atoms with van der Waals surface area (Å²) in [4.78, 5) is 36.3. The van der Waals surface area contributed by atoms with Crippen molar-refractivity contribution in [2.24, 2.45) is 7.05 Å². The molecule has 0 saturated carbocycles. The van der Waals surface area contributed by atoms with Crippen molar-refractivity contribution in [3.05, 3.63) is 28.7 Å². The number of pyridine rings is 1. The molecule has 1 aromatic heterocycles. The van der Waals surface area contributed by atoms with Crippen LogP contribution < -0.4 is 10.9 Å². The summed E-state index contributed by atoms with van der Waals surface area (Å²) < 4.78 is 1.42. The van der Waals surface area contributed by atoms with E-state index in [1.165, 1.54) is 15.5 Å². The van der Waals surface area contributed by atoms with Crippen molar-refractivity contribution < 1.29 is 9.59 Å². The molecule has 1 aliphatic rings. The Bertz CT molecular complexity index is 564. The predicted octanol–water partition coefficient (Wildman–Crippen LogP) is 0.335. The van der Waals surface area contributed by atoms with Gasteiger partial charge < -0.3 is 9.88 Å². The molecule has 0 aromatic carbocycles. The van der Waals surface area contributed by atoms with Crippen LogP contribution in [0.5, 0.6) is 0 Å². The van der Waals surface area contributed by atoms with Gasteiger partial charge in [0.15, 0.2) is 0 Å². The fraction of sp³-hybridized carbons (Fsp3) is 0.462. The van der Waals surface area contributed by atoms with Gasteiger partial charge in [-0.1, -0.05) is 6.92 Å². The van der Waals surface area contributed by atoms with Crippen molar-refractivity contribution in [2.45, 2.75) is 25.8 Å². The standard InChI is InChI=1S/C13H17N3O3/c1-3-6-16-12(18)7-10(13(16)19)14-9-4-5-11(17)15(2)8-9/h4-5,8,10,14H,3,6-7H2,1-2H3. The van der Waals surface area contributed by atoms with Crippen LogP contribution in [-0.2, 0) is 16.6 Å². The normalized spacial score (nSPS) is 19.1. The van der Waals surface area contributed by atoms with Gasteiger partial charge in [-0.15, -0.1) is 0 Å². The van der Waals surface area contributed by atoms with E-state index in [9.17, 15) is 14.4 Å². The highest BCUT2D eigenvalue weighted by Gasteiger charge is 2.37. The molecule has 0 spiro atoms. The highest BCUT2D eigenvalue weighted by Crippen LogP contribution is 2.17. The van der Waals surface area contributed by atoms with Crippen LogP contribution in [0.2, 0.25) is 0 Å². The average Bonchev–Trinajstić information content (AvgIpc) is 2.62. The monoisotopic (exact) mass is 263 g/mol. The van der Waals surface area contributed by atoms with Crippen LogP contribution in [-0.4, -0.2) is 33.9 Å². The number of hydrogen-bond acceptors (Lipinski definition) is 4. The van der Waals surface area contributed by atoms with Gasteiger partial charge in [-0.2, -0.15) is 0 Å². The highest BCUT2D eigenvalue weighted by atomic mass is 16.2. The molecular weight excluding hydrogens is 246 g/mol. The third-order valence-electron chi connectivity index (χ3n) is 3.12. The summed E-state index contributed by atoms with van der Waals surface area (Å²) in [6.45, 7) is 2.39. The van der Waals surface area contributed by atoms with Gasteiger partial charge >= 0.3 is 0 Å². The molecule has 1 aromatic rings. The first-order valence-electron chi connectivity index (χ1n) is 6.30. The van der Waals surface area contributed by atoms with Crippen LogP contribution in [0.4, 0.5) is 5.69 Å². The summed E-state index contributed by atoms with van der Waals surface area (Å²) in [5, 5.41) is 3.01. The smallest absolute Gasteiger partial charge is 0.252 e. The second kappa shape index (κ2) is 5.26. The Balaban J connectivity index is 2.12. The minimum absolute atomic E-state index is 0.119. The molecule has 1 N–H and O–H groups in total. The predicted molar refractivity (Wildman–Crippen MR) is 70.7 cm³/mol. The van der Waals surface area contributed by atoms with Crippen LogP contribution >= 0.6 is 0 Å². The van der Waals surface area contributed by atoms with Crippen molar-refractivity contribution in [1.29, 1.82) is 0 Å². The molecule has 0 radical (unpaired) electrons. The first kappa shape index (κ1) is 13.3. The number of hydrogen-bond donors (Lipinski definition) is 1. The van der Waals surface area contributed by atoms with Crippen LogP contribution in [0.1, 0.15) is 19.8 Å². The lowest BCUT2D eigenvalue weighted by molar-refractivity contribution is -0.138. The Labute approximate surface area is 111 Å². The topological polar surface area (TPSA) is 71.4 Å². The molecule has 2 amide bonds. The van der Waals surface area contributed by atoms with Crippen molar-refractivity contribution in [2.75, 3.05) is 11.9 Å². The third-order valence-corrected chi connectivity index (χ3v) is 3.12. The highest BCUT2D eigenvalue weighted by molar-refractivity contribution is 6.06. The van der Waals surface area contributed by atoms with E-state index < -0.39 is 6.04 Å². The van der Waals surface area contributed by atoms with E-state index in [0.29, 0.717) is 12.2 Å².